The van der Waals surface area contributed by atoms with Gasteiger partial charge in [0.05, 0.1) is 6.61 Å². The predicted octanol–water partition coefficient (Wildman–Crippen LogP) is 2.00. The standard InChI is InChI=1S/C14H28N2O/c1-16(13-6-4-2-3-5-7-13)14(10-15)12-8-9-17-11-12/h12-14H,2-11,15H2,1H3. The first kappa shape index (κ1) is 13.3. The second kappa shape index (κ2) is 6.72. The number of likely N-dealkylation sites (N-methyl/N-ethyl adjacent to an activating group) is 1. The molecule has 3 heteroatoms. The summed E-state index contributed by atoms with van der Waals surface area (Å²) < 4.78 is 5.52. The molecule has 2 N–H and O–H groups in total. The third kappa shape index (κ3) is 3.43. The Morgan fingerprint density at radius 2 is 1.88 bits per heavy atom. The first-order valence-electron chi connectivity index (χ1n) is 7.32. The quantitative estimate of drug-likeness (QED) is 0.764. The number of nitrogens with zero attached hydrogens (tertiary/aromatic N) is 1. The largest absolute Gasteiger partial charge is 0.381 e. The molecule has 2 unspecified atom stereocenters. The lowest BCUT2D eigenvalue weighted by Crippen LogP contribution is -2.48. The molecule has 0 radical (unpaired) electrons. The van der Waals surface area contributed by atoms with Gasteiger partial charge in [-0.05, 0) is 26.3 Å². The third-order valence-corrected chi connectivity index (χ3v) is 4.67. The van der Waals surface area contributed by atoms with Gasteiger partial charge in [0, 0.05) is 31.2 Å². The highest BCUT2D eigenvalue weighted by Crippen LogP contribution is 2.26. The summed E-state index contributed by atoms with van der Waals surface area (Å²) in [6.45, 7) is 2.62. The molecule has 2 rings (SSSR count). The molecular weight excluding hydrogens is 212 g/mol. The minimum atomic E-state index is 0.528. The molecule has 1 saturated heterocycles. The van der Waals surface area contributed by atoms with Crippen molar-refractivity contribution in [3.05, 3.63) is 0 Å². The van der Waals surface area contributed by atoms with Crippen LogP contribution in [0.3, 0.4) is 0 Å². The fraction of sp³-hybridized carbons (Fsp3) is 1.00. The van der Waals surface area contributed by atoms with E-state index in [-0.39, 0.29) is 0 Å². The Hall–Kier alpha value is -0.120. The number of nitrogens with two attached hydrogens (primary N) is 1. The highest BCUT2D eigenvalue weighted by molar-refractivity contribution is 4.85. The number of hydrogen-bond donors (Lipinski definition) is 1. The van der Waals surface area contributed by atoms with Gasteiger partial charge in [0.2, 0.25) is 0 Å². The maximum Gasteiger partial charge on any atom is 0.0510 e. The smallest absolute Gasteiger partial charge is 0.0510 e. The van der Waals surface area contributed by atoms with Crippen LogP contribution < -0.4 is 5.73 Å². The molecule has 0 aromatic carbocycles. The van der Waals surface area contributed by atoms with Crippen molar-refractivity contribution >= 4 is 0 Å². The van der Waals surface area contributed by atoms with Crippen LogP contribution in [-0.2, 0) is 4.74 Å². The molecule has 0 aromatic rings. The van der Waals surface area contributed by atoms with Crippen LogP contribution in [0.5, 0.6) is 0 Å². The fourth-order valence-corrected chi connectivity index (χ4v) is 3.48. The van der Waals surface area contributed by atoms with Gasteiger partial charge in [-0.3, -0.25) is 4.90 Å². The van der Waals surface area contributed by atoms with Crippen LogP contribution in [0.1, 0.15) is 44.9 Å². The summed E-state index contributed by atoms with van der Waals surface area (Å²) in [5.41, 5.74) is 6.00. The van der Waals surface area contributed by atoms with E-state index in [1.807, 2.05) is 0 Å². The van der Waals surface area contributed by atoms with E-state index < -0.39 is 0 Å². The first-order chi connectivity index (χ1) is 8.33. The zero-order valence-corrected chi connectivity index (χ0v) is 11.2. The minimum absolute atomic E-state index is 0.528. The molecule has 1 heterocycles. The summed E-state index contributed by atoms with van der Waals surface area (Å²) in [4.78, 5) is 2.57. The van der Waals surface area contributed by atoms with E-state index in [2.05, 4.69) is 11.9 Å². The highest BCUT2D eigenvalue weighted by atomic mass is 16.5. The Balaban J connectivity index is 1.92. The van der Waals surface area contributed by atoms with E-state index in [0.29, 0.717) is 12.0 Å². The lowest BCUT2D eigenvalue weighted by atomic mass is 9.95. The van der Waals surface area contributed by atoms with Gasteiger partial charge in [-0.1, -0.05) is 25.7 Å². The monoisotopic (exact) mass is 240 g/mol. The van der Waals surface area contributed by atoms with Crippen molar-refractivity contribution in [1.29, 1.82) is 0 Å². The van der Waals surface area contributed by atoms with E-state index >= 15 is 0 Å². The van der Waals surface area contributed by atoms with Gasteiger partial charge in [-0.25, -0.2) is 0 Å². The second-order valence-electron chi connectivity index (χ2n) is 5.74. The maximum absolute atomic E-state index is 6.00. The van der Waals surface area contributed by atoms with Gasteiger partial charge in [0.25, 0.3) is 0 Å². The zero-order chi connectivity index (χ0) is 12.1. The number of rotatable bonds is 4. The normalized spacial score (nSPS) is 29.5. The molecule has 0 bridgehead atoms. The highest BCUT2D eigenvalue weighted by Gasteiger charge is 2.31. The lowest BCUT2D eigenvalue weighted by Gasteiger charge is -2.37. The van der Waals surface area contributed by atoms with Crippen molar-refractivity contribution in [1.82, 2.24) is 4.90 Å². The Kier molecular flexibility index (Phi) is 5.26. The van der Waals surface area contributed by atoms with Gasteiger partial charge in [-0.15, -0.1) is 0 Å². The predicted molar refractivity (Wildman–Crippen MR) is 71.0 cm³/mol. The van der Waals surface area contributed by atoms with Gasteiger partial charge in [0.15, 0.2) is 0 Å². The SMILES string of the molecule is CN(C1CCCCCC1)C(CN)C1CCOC1. The molecule has 0 amide bonds. The van der Waals surface area contributed by atoms with Gasteiger partial charge in [0.1, 0.15) is 0 Å². The van der Waals surface area contributed by atoms with Crippen molar-refractivity contribution in [3.8, 4) is 0 Å². The third-order valence-electron chi connectivity index (χ3n) is 4.67. The summed E-state index contributed by atoms with van der Waals surface area (Å²) in [6, 6.07) is 1.28. The molecule has 0 spiro atoms. The molecule has 2 fully saturated rings. The maximum atomic E-state index is 6.00. The van der Waals surface area contributed by atoms with Crippen molar-refractivity contribution < 1.29 is 4.74 Å². The lowest BCUT2D eigenvalue weighted by molar-refractivity contribution is 0.102. The van der Waals surface area contributed by atoms with Crippen molar-refractivity contribution in [2.24, 2.45) is 11.7 Å². The molecule has 3 nitrogen and oxygen atoms in total. The average molecular weight is 240 g/mol. The second-order valence-corrected chi connectivity index (χ2v) is 5.74. The summed E-state index contributed by atoms with van der Waals surface area (Å²) in [5.74, 6) is 0.660. The van der Waals surface area contributed by atoms with Crippen molar-refractivity contribution in [3.63, 3.8) is 0 Å². The minimum Gasteiger partial charge on any atom is -0.381 e. The summed E-state index contributed by atoms with van der Waals surface area (Å²) in [6.07, 6.45) is 9.55. The van der Waals surface area contributed by atoms with Crippen LogP contribution in [-0.4, -0.2) is 43.8 Å². The van der Waals surface area contributed by atoms with Gasteiger partial charge < -0.3 is 10.5 Å². The van der Waals surface area contributed by atoms with E-state index in [1.54, 1.807) is 0 Å². The van der Waals surface area contributed by atoms with Crippen LogP contribution in [0.2, 0.25) is 0 Å². The molecule has 2 aliphatic rings. The molecule has 1 saturated carbocycles. The first-order valence-corrected chi connectivity index (χ1v) is 7.32. The molecule has 1 aliphatic carbocycles. The summed E-state index contributed by atoms with van der Waals surface area (Å²) in [5, 5.41) is 0. The summed E-state index contributed by atoms with van der Waals surface area (Å²) >= 11 is 0. The number of ether oxygens (including phenoxy) is 1. The van der Waals surface area contributed by atoms with Crippen molar-refractivity contribution in [2.45, 2.75) is 57.0 Å². The molecule has 2 atom stereocenters. The average Bonchev–Trinajstić information content (AvgIpc) is 2.72. The van der Waals surface area contributed by atoms with Crippen LogP contribution >= 0.6 is 0 Å². The molecule has 17 heavy (non-hydrogen) atoms. The van der Waals surface area contributed by atoms with Crippen LogP contribution in [0.25, 0.3) is 0 Å². The van der Waals surface area contributed by atoms with Crippen LogP contribution in [0.15, 0.2) is 0 Å². The number of hydrogen-bond acceptors (Lipinski definition) is 3. The Labute approximate surface area is 106 Å². The van der Waals surface area contributed by atoms with Crippen LogP contribution in [0.4, 0.5) is 0 Å². The Bertz CT molecular complexity index is 208. The fourth-order valence-electron chi connectivity index (χ4n) is 3.48. The van der Waals surface area contributed by atoms with E-state index in [9.17, 15) is 0 Å². The molecule has 0 aromatic heterocycles. The molecule has 100 valence electrons. The van der Waals surface area contributed by atoms with E-state index in [1.165, 1.54) is 44.9 Å². The molecular formula is C14H28N2O. The zero-order valence-electron chi connectivity index (χ0n) is 11.2. The Morgan fingerprint density at radius 3 is 2.41 bits per heavy atom. The Morgan fingerprint density at radius 1 is 1.18 bits per heavy atom. The van der Waals surface area contributed by atoms with E-state index in [4.69, 9.17) is 10.5 Å². The van der Waals surface area contributed by atoms with Crippen molar-refractivity contribution in [2.75, 3.05) is 26.8 Å². The van der Waals surface area contributed by atoms with Crippen LogP contribution in [0, 0.1) is 5.92 Å². The van der Waals surface area contributed by atoms with Gasteiger partial charge in [-0.2, -0.15) is 0 Å². The summed E-state index contributed by atoms with van der Waals surface area (Å²) in [7, 11) is 2.28. The van der Waals surface area contributed by atoms with E-state index in [0.717, 1.165) is 25.8 Å². The topological polar surface area (TPSA) is 38.5 Å². The molecule has 1 aliphatic heterocycles. The van der Waals surface area contributed by atoms with Gasteiger partial charge >= 0.3 is 0 Å².